The molecule has 1 fully saturated rings. The molecule has 0 aliphatic carbocycles. The summed E-state index contributed by atoms with van der Waals surface area (Å²) < 4.78 is 5.17. The summed E-state index contributed by atoms with van der Waals surface area (Å²) in [6.45, 7) is 4.94. The van der Waals surface area contributed by atoms with Crippen molar-refractivity contribution >= 4 is 5.78 Å². The zero-order valence-corrected chi connectivity index (χ0v) is 7.80. The summed E-state index contributed by atoms with van der Waals surface area (Å²) in [6.07, 6.45) is 1.67. The number of carbonyl (C=O) groups is 1. The fourth-order valence-corrected chi connectivity index (χ4v) is 1.49. The van der Waals surface area contributed by atoms with Gasteiger partial charge in [-0.3, -0.25) is 4.79 Å². The number of carbonyl (C=O) groups excluding carboxylic acids is 1. The molecule has 3 heteroatoms. The number of ether oxygens (including phenoxy) is 1. The van der Waals surface area contributed by atoms with E-state index in [1.165, 1.54) is 0 Å². The van der Waals surface area contributed by atoms with Crippen molar-refractivity contribution in [2.45, 2.75) is 32.2 Å². The van der Waals surface area contributed by atoms with E-state index in [1.807, 2.05) is 0 Å². The highest BCUT2D eigenvalue weighted by Gasteiger charge is 2.30. The lowest BCUT2D eigenvalue weighted by molar-refractivity contribution is -0.129. The zero-order valence-electron chi connectivity index (χ0n) is 7.80. The number of hydrogen-bond acceptors (Lipinski definition) is 3. The lowest BCUT2D eigenvalue weighted by Crippen LogP contribution is -2.46. The molecule has 70 valence electrons. The van der Waals surface area contributed by atoms with E-state index >= 15 is 0 Å². The Morgan fingerprint density at radius 2 is 1.92 bits per heavy atom. The van der Waals surface area contributed by atoms with Crippen molar-refractivity contribution in [3.63, 3.8) is 0 Å². The van der Waals surface area contributed by atoms with Crippen molar-refractivity contribution in [1.29, 1.82) is 0 Å². The van der Waals surface area contributed by atoms with E-state index < -0.39 is 5.54 Å². The van der Waals surface area contributed by atoms with Gasteiger partial charge in [0.25, 0.3) is 0 Å². The molecule has 3 nitrogen and oxygen atoms in total. The van der Waals surface area contributed by atoms with Crippen LogP contribution in [0.4, 0.5) is 0 Å². The van der Waals surface area contributed by atoms with Crippen LogP contribution in [0.15, 0.2) is 0 Å². The highest BCUT2D eigenvalue weighted by molar-refractivity contribution is 5.89. The van der Waals surface area contributed by atoms with Crippen LogP contribution in [0.5, 0.6) is 0 Å². The molecule has 0 spiro atoms. The minimum atomic E-state index is -0.679. The Morgan fingerprint density at radius 1 is 1.42 bits per heavy atom. The van der Waals surface area contributed by atoms with Gasteiger partial charge in [-0.1, -0.05) is 0 Å². The largest absolute Gasteiger partial charge is 0.381 e. The first-order chi connectivity index (χ1) is 5.52. The number of rotatable bonds is 2. The third-order valence-electron chi connectivity index (χ3n) is 2.23. The van der Waals surface area contributed by atoms with Crippen LogP contribution in [0.25, 0.3) is 0 Å². The monoisotopic (exact) mass is 171 g/mol. The summed E-state index contributed by atoms with van der Waals surface area (Å²) in [5.74, 6) is 0.296. The SMILES string of the molecule is CC(C)(N)C(=O)C1CCOCC1. The van der Waals surface area contributed by atoms with Crippen LogP contribution in [0.2, 0.25) is 0 Å². The standard InChI is InChI=1S/C9H17NO2/c1-9(2,10)8(11)7-3-5-12-6-4-7/h7H,3-6,10H2,1-2H3. The first kappa shape index (κ1) is 9.68. The van der Waals surface area contributed by atoms with Gasteiger partial charge in [-0.05, 0) is 26.7 Å². The molecule has 0 saturated carbocycles. The second kappa shape index (κ2) is 3.54. The molecule has 1 rings (SSSR count). The average Bonchev–Trinajstić information content (AvgIpc) is 2.03. The number of hydrogen-bond donors (Lipinski definition) is 1. The molecule has 1 aliphatic rings. The van der Waals surface area contributed by atoms with Gasteiger partial charge in [-0.25, -0.2) is 0 Å². The minimum absolute atomic E-state index is 0.124. The summed E-state index contributed by atoms with van der Waals surface area (Å²) in [6, 6.07) is 0. The summed E-state index contributed by atoms with van der Waals surface area (Å²) >= 11 is 0. The lowest BCUT2D eigenvalue weighted by atomic mass is 9.85. The predicted molar refractivity (Wildman–Crippen MR) is 46.8 cm³/mol. The summed E-state index contributed by atoms with van der Waals surface area (Å²) in [5.41, 5.74) is 5.04. The molecule has 1 heterocycles. The van der Waals surface area contributed by atoms with Crippen LogP contribution in [0, 0.1) is 5.92 Å². The molecule has 0 aromatic heterocycles. The Hall–Kier alpha value is -0.410. The topological polar surface area (TPSA) is 52.3 Å². The Labute approximate surface area is 73.3 Å². The Bertz CT molecular complexity index is 166. The smallest absolute Gasteiger partial charge is 0.155 e. The summed E-state index contributed by atoms with van der Waals surface area (Å²) in [4.78, 5) is 11.6. The molecular formula is C9H17NO2. The van der Waals surface area contributed by atoms with Crippen LogP contribution < -0.4 is 5.73 Å². The van der Waals surface area contributed by atoms with Crippen LogP contribution in [0.3, 0.4) is 0 Å². The van der Waals surface area contributed by atoms with Crippen molar-refractivity contribution in [2.75, 3.05) is 13.2 Å². The second-order valence-electron chi connectivity index (χ2n) is 3.97. The maximum absolute atomic E-state index is 11.6. The molecule has 2 N–H and O–H groups in total. The minimum Gasteiger partial charge on any atom is -0.381 e. The van der Waals surface area contributed by atoms with Crippen molar-refractivity contribution in [1.82, 2.24) is 0 Å². The van der Waals surface area contributed by atoms with Gasteiger partial charge in [0.1, 0.15) is 0 Å². The molecule has 1 aliphatic heterocycles. The molecule has 0 amide bonds. The van der Waals surface area contributed by atoms with E-state index in [-0.39, 0.29) is 11.7 Å². The highest BCUT2D eigenvalue weighted by atomic mass is 16.5. The van der Waals surface area contributed by atoms with Crippen LogP contribution in [-0.2, 0) is 9.53 Å². The summed E-state index contributed by atoms with van der Waals surface area (Å²) in [7, 11) is 0. The summed E-state index contributed by atoms with van der Waals surface area (Å²) in [5, 5.41) is 0. The molecule has 0 bridgehead atoms. The van der Waals surface area contributed by atoms with Gasteiger partial charge in [0.2, 0.25) is 0 Å². The Kier molecular flexibility index (Phi) is 2.85. The highest BCUT2D eigenvalue weighted by Crippen LogP contribution is 2.20. The van der Waals surface area contributed by atoms with Gasteiger partial charge in [0.15, 0.2) is 5.78 Å². The van der Waals surface area contributed by atoms with Gasteiger partial charge in [-0.2, -0.15) is 0 Å². The Balaban J connectivity index is 2.51. The maximum Gasteiger partial charge on any atom is 0.155 e. The number of ketones is 1. The van der Waals surface area contributed by atoms with Gasteiger partial charge in [-0.15, -0.1) is 0 Å². The maximum atomic E-state index is 11.6. The molecule has 0 atom stereocenters. The Morgan fingerprint density at radius 3 is 2.33 bits per heavy atom. The van der Waals surface area contributed by atoms with E-state index in [1.54, 1.807) is 13.8 Å². The third kappa shape index (κ3) is 2.29. The number of nitrogens with two attached hydrogens (primary N) is 1. The molecule has 1 saturated heterocycles. The van der Waals surface area contributed by atoms with Crippen LogP contribution in [-0.4, -0.2) is 24.5 Å². The third-order valence-corrected chi connectivity index (χ3v) is 2.23. The van der Waals surface area contributed by atoms with E-state index in [9.17, 15) is 4.79 Å². The molecule has 0 radical (unpaired) electrons. The van der Waals surface area contributed by atoms with Crippen LogP contribution in [0.1, 0.15) is 26.7 Å². The van der Waals surface area contributed by atoms with E-state index in [0.29, 0.717) is 13.2 Å². The van der Waals surface area contributed by atoms with Crippen molar-refractivity contribution < 1.29 is 9.53 Å². The first-order valence-corrected chi connectivity index (χ1v) is 4.43. The van der Waals surface area contributed by atoms with Gasteiger partial charge >= 0.3 is 0 Å². The van der Waals surface area contributed by atoms with E-state index in [0.717, 1.165) is 12.8 Å². The van der Waals surface area contributed by atoms with E-state index in [4.69, 9.17) is 10.5 Å². The lowest BCUT2D eigenvalue weighted by Gasteiger charge is -2.27. The number of Topliss-reactive ketones (excluding diaryl/α,β-unsaturated/α-hetero) is 1. The average molecular weight is 171 g/mol. The second-order valence-corrected chi connectivity index (χ2v) is 3.97. The quantitative estimate of drug-likeness (QED) is 0.666. The van der Waals surface area contributed by atoms with Gasteiger partial charge < -0.3 is 10.5 Å². The van der Waals surface area contributed by atoms with Crippen molar-refractivity contribution in [3.05, 3.63) is 0 Å². The molecule has 0 aromatic rings. The molecule has 0 aromatic carbocycles. The molecular weight excluding hydrogens is 154 g/mol. The van der Waals surface area contributed by atoms with Crippen LogP contribution >= 0.6 is 0 Å². The predicted octanol–water partition coefficient (Wildman–Crippen LogP) is 0.719. The van der Waals surface area contributed by atoms with Crippen molar-refractivity contribution in [3.8, 4) is 0 Å². The first-order valence-electron chi connectivity index (χ1n) is 4.43. The van der Waals surface area contributed by atoms with Crippen molar-refractivity contribution in [2.24, 2.45) is 11.7 Å². The fraction of sp³-hybridized carbons (Fsp3) is 0.889. The zero-order chi connectivity index (χ0) is 9.19. The molecule has 0 unspecified atom stereocenters. The van der Waals surface area contributed by atoms with E-state index in [2.05, 4.69) is 0 Å². The fourth-order valence-electron chi connectivity index (χ4n) is 1.49. The van der Waals surface area contributed by atoms with Gasteiger partial charge in [0.05, 0.1) is 5.54 Å². The normalized spacial score (nSPS) is 20.9. The van der Waals surface area contributed by atoms with Gasteiger partial charge in [0, 0.05) is 19.1 Å². The molecule has 12 heavy (non-hydrogen) atoms.